The number of aryl methyl sites for hydroxylation is 2. The van der Waals surface area contributed by atoms with Crippen molar-refractivity contribution in [2.75, 3.05) is 6.61 Å². The van der Waals surface area contributed by atoms with E-state index in [-0.39, 0.29) is 31.3 Å². The third-order valence-corrected chi connectivity index (χ3v) is 6.56. The summed E-state index contributed by atoms with van der Waals surface area (Å²) in [5.41, 5.74) is 2.09. The Kier molecular flexibility index (Phi) is 7.37. The lowest BCUT2D eigenvalue weighted by molar-refractivity contribution is -0.153. The molecule has 0 aliphatic carbocycles. The van der Waals surface area contributed by atoms with Gasteiger partial charge in [-0.1, -0.05) is 39.0 Å². The van der Waals surface area contributed by atoms with Gasteiger partial charge in [0.1, 0.15) is 12.1 Å². The SMILES string of the molecule is [2H]C([2H])([2H])C([2H])(N[C@@H](CC(C)c1ccc(C)c(C)c1)C(=O)OCC(C)C)C(=O)N1[C@H](C(=O)O)CCC1(C)C. The van der Waals surface area contributed by atoms with Crippen molar-refractivity contribution in [1.82, 2.24) is 10.2 Å². The first-order valence-electron chi connectivity index (χ1n) is 13.9. The van der Waals surface area contributed by atoms with Crippen LogP contribution in [0.2, 0.25) is 0 Å². The molecule has 0 radical (unpaired) electrons. The average molecular weight is 479 g/mol. The fourth-order valence-electron chi connectivity index (χ4n) is 4.29. The normalized spacial score (nSPS) is 23.2. The number of hydrogen-bond donors (Lipinski definition) is 2. The van der Waals surface area contributed by atoms with Gasteiger partial charge in [-0.15, -0.1) is 0 Å². The Morgan fingerprint density at radius 1 is 1.26 bits per heavy atom. The van der Waals surface area contributed by atoms with Gasteiger partial charge in [0, 0.05) is 9.65 Å². The van der Waals surface area contributed by atoms with E-state index in [1.54, 1.807) is 13.8 Å². The Labute approximate surface area is 209 Å². The molecule has 1 saturated heterocycles. The Balaban J connectivity index is 2.50. The maximum Gasteiger partial charge on any atom is 0.326 e. The number of carboxylic acid groups (broad SMARTS) is 1. The van der Waals surface area contributed by atoms with Crippen LogP contribution in [0.5, 0.6) is 0 Å². The van der Waals surface area contributed by atoms with Crippen LogP contribution < -0.4 is 5.32 Å². The maximum atomic E-state index is 13.8. The van der Waals surface area contributed by atoms with Gasteiger partial charge in [0.2, 0.25) is 5.91 Å². The van der Waals surface area contributed by atoms with Crippen molar-refractivity contribution >= 4 is 17.8 Å². The molecule has 1 aromatic rings. The summed E-state index contributed by atoms with van der Waals surface area (Å²) >= 11 is 0. The highest BCUT2D eigenvalue weighted by Gasteiger charge is 2.47. The molecular weight excluding hydrogens is 432 g/mol. The Bertz CT molecular complexity index is 1040. The van der Waals surface area contributed by atoms with Crippen molar-refractivity contribution in [2.45, 2.75) is 104 Å². The molecule has 34 heavy (non-hydrogen) atoms. The zero-order valence-electron chi connectivity index (χ0n) is 25.4. The molecule has 0 aromatic heterocycles. The summed E-state index contributed by atoms with van der Waals surface area (Å²) < 4.78 is 38.7. The Morgan fingerprint density at radius 2 is 1.94 bits per heavy atom. The molecule has 1 fully saturated rings. The second-order valence-electron chi connectivity index (χ2n) is 10.5. The number of nitrogens with zero attached hydrogens (tertiary/aromatic N) is 1. The minimum absolute atomic E-state index is 0.0171. The van der Waals surface area contributed by atoms with E-state index in [1.165, 1.54) is 0 Å². The van der Waals surface area contributed by atoms with Gasteiger partial charge in [-0.05, 0) is 82.3 Å². The zero-order chi connectivity index (χ0) is 29.2. The number of hydrogen-bond acceptors (Lipinski definition) is 5. The zero-order valence-corrected chi connectivity index (χ0v) is 21.4. The van der Waals surface area contributed by atoms with E-state index in [0.29, 0.717) is 6.42 Å². The van der Waals surface area contributed by atoms with Crippen LogP contribution in [0.25, 0.3) is 0 Å². The predicted octanol–water partition coefficient (Wildman–Crippen LogP) is 4.20. The molecule has 1 aromatic carbocycles. The molecule has 0 bridgehead atoms. The van der Waals surface area contributed by atoms with Gasteiger partial charge < -0.3 is 14.7 Å². The summed E-state index contributed by atoms with van der Waals surface area (Å²) in [6.07, 6.45) is 0.528. The van der Waals surface area contributed by atoms with Gasteiger partial charge in [0.05, 0.1) is 14.0 Å². The van der Waals surface area contributed by atoms with E-state index < -0.39 is 48.3 Å². The van der Waals surface area contributed by atoms with Crippen molar-refractivity contribution in [3.8, 4) is 0 Å². The van der Waals surface area contributed by atoms with Crippen molar-refractivity contribution in [2.24, 2.45) is 5.92 Å². The third-order valence-electron chi connectivity index (χ3n) is 6.56. The van der Waals surface area contributed by atoms with E-state index in [0.717, 1.165) is 21.6 Å². The molecule has 4 atom stereocenters. The van der Waals surface area contributed by atoms with Gasteiger partial charge >= 0.3 is 11.9 Å². The summed E-state index contributed by atoms with van der Waals surface area (Å²) in [6, 6.07) is 0.323. The second kappa shape index (κ2) is 11.3. The standard InChI is InChI=1S/C27H42N2O5/c1-16(2)15-34-26(33)22(14-19(5)21-10-9-17(3)18(4)13-21)28-20(6)24(30)29-23(25(31)32)11-12-27(29,7)8/h9-10,13,16,19-20,22-23,28H,11-12,14-15H2,1-8H3,(H,31,32)/t19?,20?,22-,23-/m0/s1/i6D3,20D. The lowest BCUT2D eigenvalue weighted by atomic mass is 9.91. The number of rotatable bonds is 10. The van der Waals surface area contributed by atoms with Crippen LogP contribution in [-0.2, 0) is 19.1 Å². The van der Waals surface area contributed by atoms with Crippen LogP contribution in [0.4, 0.5) is 0 Å². The van der Waals surface area contributed by atoms with Gasteiger partial charge in [0.15, 0.2) is 0 Å². The molecular formula is C27H42N2O5. The van der Waals surface area contributed by atoms with Crippen LogP contribution in [-0.4, -0.2) is 58.1 Å². The number of nitrogens with one attached hydrogen (secondary N) is 1. The summed E-state index contributed by atoms with van der Waals surface area (Å²) in [4.78, 5) is 39.9. The highest BCUT2D eigenvalue weighted by Crippen LogP contribution is 2.34. The number of amides is 1. The minimum atomic E-state index is -3.22. The van der Waals surface area contributed by atoms with E-state index in [4.69, 9.17) is 10.2 Å². The number of likely N-dealkylation sites (tertiary alicyclic amines) is 1. The third kappa shape index (κ3) is 6.81. The van der Waals surface area contributed by atoms with Crippen LogP contribution in [0.1, 0.15) is 88.8 Å². The van der Waals surface area contributed by atoms with E-state index in [9.17, 15) is 19.5 Å². The first-order valence-corrected chi connectivity index (χ1v) is 11.9. The largest absolute Gasteiger partial charge is 0.480 e. The first kappa shape index (κ1) is 22.1. The number of benzene rings is 1. The Hall–Kier alpha value is -2.41. The van der Waals surface area contributed by atoms with Crippen LogP contribution >= 0.6 is 0 Å². The number of aliphatic carboxylic acids is 1. The average Bonchev–Trinajstić information content (AvgIpc) is 3.12. The topological polar surface area (TPSA) is 95.9 Å². The fraction of sp³-hybridized carbons (Fsp3) is 0.667. The van der Waals surface area contributed by atoms with E-state index in [2.05, 4.69) is 5.32 Å². The monoisotopic (exact) mass is 478 g/mol. The smallest absolute Gasteiger partial charge is 0.326 e. The molecule has 1 aliphatic rings. The summed E-state index contributed by atoms with van der Waals surface area (Å²) in [5.74, 6) is -3.47. The van der Waals surface area contributed by atoms with Crippen LogP contribution in [0.3, 0.4) is 0 Å². The first-order chi connectivity index (χ1) is 17.3. The molecule has 1 heterocycles. The summed E-state index contributed by atoms with van der Waals surface area (Å²) in [5, 5.41) is 12.3. The van der Waals surface area contributed by atoms with Gasteiger partial charge in [-0.25, -0.2) is 4.79 Å². The molecule has 1 aliphatic heterocycles. The number of esters is 1. The van der Waals surface area contributed by atoms with Crippen molar-refractivity contribution in [1.29, 1.82) is 0 Å². The van der Waals surface area contributed by atoms with Gasteiger partial charge in [0.25, 0.3) is 0 Å². The van der Waals surface area contributed by atoms with Crippen molar-refractivity contribution in [3.63, 3.8) is 0 Å². The minimum Gasteiger partial charge on any atom is -0.480 e. The van der Waals surface area contributed by atoms with E-state index in [1.807, 2.05) is 52.8 Å². The van der Waals surface area contributed by atoms with Gasteiger partial charge in [-0.2, -0.15) is 0 Å². The molecule has 2 unspecified atom stereocenters. The number of carbonyl (C=O) groups excluding carboxylic acids is 2. The molecule has 1 amide bonds. The molecule has 0 saturated carbocycles. The molecule has 190 valence electrons. The highest BCUT2D eigenvalue weighted by atomic mass is 16.5. The molecule has 2 N–H and O–H groups in total. The number of ether oxygens (including phenoxy) is 1. The van der Waals surface area contributed by atoms with Crippen molar-refractivity contribution in [3.05, 3.63) is 34.9 Å². The molecule has 2 rings (SSSR count). The number of carboxylic acids is 1. The maximum absolute atomic E-state index is 13.8. The predicted molar refractivity (Wildman–Crippen MR) is 133 cm³/mol. The summed E-state index contributed by atoms with van der Waals surface area (Å²) in [7, 11) is 0. The lowest BCUT2D eigenvalue weighted by Crippen LogP contribution is -2.57. The van der Waals surface area contributed by atoms with Crippen molar-refractivity contribution < 1.29 is 29.7 Å². The van der Waals surface area contributed by atoms with Gasteiger partial charge in [-0.3, -0.25) is 14.9 Å². The molecule has 0 spiro atoms. The number of carbonyl (C=O) groups is 3. The summed E-state index contributed by atoms with van der Waals surface area (Å²) in [6.45, 7) is 9.70. The van der Waals surface area contributed by atoms with E-state index >= 15 is 0 Å². The highest BCUT2D eigenvalue weighted by molar-refractivity contribution is 5.88. The molecule has 7 heteroatoms. The van der Waals surface area contributed by atoms with Crippen LogP contribution in [0, 0.1) is 19.8 Å². The fourth-order valence-corrected chi connectivity index (χ4v) is 4.29. The van der Waals surface area contributed by atoms with Crippen LogP contribution in [0.15, 0.2) is 18.2 Å². The molecule has 7 nitrogen and oxygen atoms in total. The Morgan fingerprint density at radius 3 is 2.50 bits per heavy atom. The quantitative estimate of drug-likeness (QED) is 0.490. The second-order valence-corrected chi connectivity index (χ2v) is 10.5. The lowest BCUT2D eigenvalue weighted by Gasteiger charge is -2.37.